The second kappa shape index (κ2) is 8.58. The number of nitrogens with one attached hydrogen (secondary N) is 3. The number of carbonyl (C=O) groups excluding carboxylic acids is 1. The van der Waals surface area contributed by atoms with Crippen molar-refractivity contribution in [1.29, 1.82) is 0 Å². The molecule has 0 radical (unpaired) electrons. The van der Waals surface area contributed by atoms with E-state index in [0.717, 1.165) is 37.2 Å². The first-order valence-corrected chi connectivity index (χ1v) is 9.66. The van der Waals surface area contributed by atoms with Gasteiger partial charge in [0.1, 0.15) is 0 Å². The third-order valence-electron chi connectivity index (χ3n) is 4.90. The summed E-state index contributed by atoms with van der Waals surface area (Å²) in [4.78, 5) is 20.9. The maximum Gasteiger partial charge on any atom is 0.229 e. The Morgan fingerprint density at radius 3 is 2.97 bits per heavy atom. The number of ether oxygens (including phenoxy) is 2. The summed E-state index contributed by atoms with van der Waals surface area (Å²) in [7, 11) is 1.65. The van der Waals surface area contributed by atoms with Gasteiger partial charge < -0.3 is 25.4 Å². The monoisotopic (exact) mass is 399 g/mol. The van der Waals surface area contributed by atoms with Gasteiger partial charge in [-0.1, -0.05) is 6.58 Å². The summed E-state index contributed by atoms with van der Waals surface area (Å²) in [5.41, 5.74) is 2.89. The van der Waals surface area contributed by atoms with E-state index in [2.05, 4.69) is 32.6 Å². The fourth-order valence-electron chi connectivity index (χ4n) is 3.36. The minimum atomic E-state index is -0.0591. The van der Waals surface area contributed by atoms with Gasteiger partial charge in [0, 0.05) is 44.2 Å². The standard InChI is InChI=1S/C19H25N7O3/c1-12-13(10-16(27)22-12)9-14-11-21-26-17(14)24-18(23-15-3-6-29-7-4-15)25-19(26)20-5-8-28-2/h9,11,15H,1,3-8,10H2,2H3,(H,22,27)(H2,20,23,24,25)/b13-9+. The lowest BCUT2D eigenvalue weighted by molar-refractivity contribution is -0.118. The van der Waals surface area contributed by atoms with Gasteiger partial charge in [0.25, 0.3) is 0 Å². The largest absolute Gasteiger partial charge is 0.383 e. The molecule has 0 saturated carbocycles. The maximum absolute atomic E-state index is 11.6. The van der Waals surface area contributed by atoms with Gasteiger partial charge in [-0.05, 0) is 24.5 Å². The minimum Gasteiger partial charge on any atom is -0.383 e. The number of rotatable bonds is 7. The molecule has 2 saturated heterocycles. The number of anilines is 2. The second-order valence-corrected chi connectivity index (χ2v) is 7.03. The smallest absolute Gasteiger partial charge is 0.229 e. The van der Waals surface area contributed by atoms with Crippen molar-refractivity contribution in [3.63, 3.8) is 0 Å². The molecule has 0 atom stereocenters. The van der Waals surface area contributed by atoms with Crippen molar-refractivity contribution in [3.8, 4) is 0 Å². The number of hydrogen-bond acceptors (Lipinski definition) is 8. The van der Waals surface area contributed by atoms with Gasteiger partial charge >= 0.3 is 0 Å². The van der Waals surface area contributed by atoms with Crippen LogP contribution >= 0.6 is 0 Å². The van der Waals surface area contributed by atoms with Crippen LogP contribution in [0.25, 0.3) is 11.7 Å². The van der Waals surface area contributed by atoms with E-state index in [4.69, 9.17) is 14.5 Å². The van der Waals surface area contributed by atoms with Gasteiger partial charge in [-0.15, -0.1) is 0 Å². The highest BCUT2D eigenvalue weighted by Gasteiger charge is 2.21. The van der Waals surface area contributed by atoms with Crippen LogP contribution in [0.5, 0.6) is 0 Å². The van der Waals surface area contributed by atoms with Crippen molar-refractivity contribution in [3.05, 3.63) is 29.6 Å². The highest BCUT2D eigenvalue weighted by atomic mass is 16.5. The Morgan fingerprint density at radius 2 is 2.24 bits per heavy atom. The fraction of sp³-hybridized carbons (Fsp3) is 0.474. The first-order chi connectivity index (χ1) is 14.1. The number of methoxy groups -OCH3 is 1. The van der Waals surface area contributed by atoms with E-state index >= 15 is 0 Å². The Kier molecular flexibility index (Phi) is 5.72. The molecule has 3 N–H and O–H groups in total. The summed E-state index contributed by atoms with van der Waals surface area (Å²) in [5.74, 6) is 1.05. The van der Waals surface area contributed by atoms with Crippen LogP contribution in [0.1, 0.15) is 24.8 Å². The van der Waals surface area contributed by atoms with Crippen molar-refractivity contribution < 1.29 is 14.3 Å². The summed E-state index contributed by atoms with van der Waals surface area (Å²) < 4.78 is 12.2. The molecule has 0 aromatic carbocycles. The predicted molar refractivity (Wildman–Crippen MR) is 108 cm³/mol. The first kappa shape index (κ1) is 19.3. The van der Waals surface area contributed by atoms with Gasteiger partial charge in [0.05, 0.1) is 19.2 Å². The van der Waals surface area contributed by atoms with E-state index in [1.165, 1.54) is 0 Å². The van der Waals surface area contributed by atoms with Crippen LogP contribution in [0.2, 0.25) is 0 Å². The molecule has 0 bridgehead atoms. The number of nitrogens with zero attached hydrogens (tertiary/aromatic N) is 4. The molecule has 154 valence electrons. The highest BCUT2D eigenvalue weighted by Crippen LogP contribution is 2.24. The van der Waals surface area contributed by atoms with Gasteiger partial charge in [0.15, 0.2) is 5.65 Å². The van der Waals surface area contributed by atoms with Crippen LogP contribution < -0.4 is 16.0 Å². The quantitative estimate of drug-likeness (QED) is 0.595. The number of aromatic nitrogens is 4. The maximum atomic E-state index is 11.6. The third-order valence-corrected chi connectivity index (χ3v) is 4.90. The lowest BCUT2D eigenvalue weighted by Crippen LogP contribution is -2.29. The molecular weight excluding hydrogens is 374 g/mol. The van der Waals surface area contributed by atoms with Crippen LogP contribution in [0.3, 0.4) is 0 Å². The number of amides is 1. The number of fused-ring (bicyclic) bond motifs is 1. The molecule has 10 nitrogen and oxygen atoms in total. The van der Waals surface area contributed by atoms with E-state index < -0.39 is 0 Å². The molecule has 0 aliphatic carbocycles. The van der Waals surface area contributed by atoms with Gasteiger partial charge in [-0.3, -0.25) is 4.79 Å². The van der Waals surface area contributed by atoms with Crippen LogP contribution in [-0.2, 0) is 14.3 Å². The molecule has 2 aromatic rings. The summed E-state index contributed by atoms with van der Waals surface area (Å²) in [5, 5.41) is 13.8. The Hall–Kier alpha value is -2.98. The number of carbonyl (C=O) groups is 1. The lowest BCUT2D eigenvalue weighted by atomic mass is 10.1. The van der Waals surface area contributed by atoms with Crippen molar-refractivity contribution in [1.82, 2.24) is 24.9 Å². The predicted octanol–water partition coefficient (Wildman–Crippen LogP) is 1.19. The van der Waals surface area contributed by atoms with Crippen LogP contribution in [0.4, 0.5) is 11.9 Å². The molecule has 2 aromatic heterocycles. The molecule has 2 fully saturated rings. The lowest BCUT2D eigenvalue weighted by Gasteiger charge is -2.23. The molecule has 4 rings (SSSR count). The van der Waals surface area contributed by atoms with Crippen LogP contribution in [0, 0.1) is 0 Å². The Bertz CT molecular complexity index is 947. The van der Waals surface area contributed by atoms with E-state index in [0.29, 0.717) is 42.8 Å². The Morgan fingerprint density at radius 1 is 1.41 bits per heavy atom. The molecule has 1 amide bonds. The zero-order chi connectivity index (χ0) is 20.2. The average Bonchev–Trinajstić information content (AvgIpc) is 3.25. The molecule has 2 aliphatic heterocycles. The van der Waals surface area contributed by atoms with Crippen molar-refractivity contribution in [2.45, 2.75) is 25.3 Å². The Labute approximate surface area is 168 Å². The molecule has 4 heterocycles. The van der Waals surface area contributed by atoms with Crippen molar-refractivity contribution >= 4 is 29.5 Å². The fourth-order valence-corrected chi connectivity index (χ4v) is 3.36. The molecule has 0 unspecified atom stereocenters. The number of hydrogen-bond donors (Lipinski definition) is 3. The molecule has 29 heavy (non-hydrogen) atoms. The second-order valence-electron chi connectivity index (χ2n) is 7.03. The van der Waals surface area contributed by atoms with Crippen molar-refractivity contribution in [2.24, 2.45) is 0 Å². The first-order valence-electron chi connectivity index (χ1n) is 9.66. The van der Waals surface area contributed by atoms with Crippen LogP contribution in [-0.4, -0.2) is 65.0 Å². The Balaban J connectivity index is 1.68. The van der Waals surface area contributed by atoms with E-state index in [-0.39, 0.29) is 11.9 Å². The van der Waals surface area contributed by atoms with Gasteiger partial charge in [-0.2, -0.15) is 19.6 Å². The zero-order valence-corrected chi connectivity index (χ0v) is 16.4. The summed E-state index contributed by atoms with van der Waals surface area (Å²) in [6.45, 7) is 6.48. The molecule has 0 spiro atoms. The van der Waals surface area contributed by atoms with E-state index in [1.807, 2.05) is 6.08 Å². The normalized spacial score (nSPS) is 19.1. The van der Waals surface area contributed by atoms with E-state index in [9.17, 15) is 4.79 Å². The topological polar surface area (TPSA) is 115 Å². The van der Waals surface area contributed by atoms with Crippen molar-refractivity contribution in [2.75, 3.05) is 44.1 Å². The van der Waals surface area contributed by atoms with Gasteiger partial charge in [0.2, 0.25) is 17.8 Å². The SMILES string of the molecule is C=C1NC(=O)C/C1=C\c1cnn2c(NCCOC)nc(NC3CCOCC3)nc12. The van der Waals surface area contributed by atoms with Gasteiger partial charge in [-0.25, -0.2) is 0 Å². The summed E-state index contributed by atoms with van der Waals surface area (Å²) in [6.07, 6.45) is 5.72. The molecular formula is C19H25N7O3. The zero-order valence-electron chi connectivity index (χ0n) is 16.4. The average molecular weight is 399 g/mol. The molecule has 10 heteroatoms. The summed E-state index contributed by atoms with van der Waals surface area (Å²) in [6, 6.07) is 0.263. The highest BCUT2D eigenvalue weighted by molar-refractivity contribution is 5.89. The minimum absolute atomic E-state index is 0.0591. The molecule has 2 aliphatic rings. The third kappa shape index (κ3) is 4.38. The number of allylic oxidation sites excluding steroid dienone is 1. The van der Waals surface area contributed by atoms with Crippen LogP contribution in [0.15, 0.2) is 24.0 Å². The van der Waals surface area contributed by atoms with E-state index in [1.54, 1.807) is 17.8 Å². The summed E-state index contributed by atoms with van der Waals surface area (Å²) >= 11 is 0.